The first kappa shape index (κ1) is 13.8. The van der Waals surface area contributed by atoms with Gasteiger partial charge >= 0.3 is 0 Å². The number of morpholine rings is 1. The minimum Gasteiger partial charge on any atom is -0.379 e. The van der Waals surface area contributed by atoms with Crippen LogP contribution in [-0.4, -0.2) is 49.3 Å². The lowest BCUT2D eigenvalue weighted by Gasteiger charge is -2.26. The van der Waals surface area contributed by atoms with E-state index in [1.807, 2.05) is 13.0 Å². The van der Waals surface area contributed by atoms with Crippen LogP contribution < -0.4 is 5.32 Å². The molecular formula is C14H20N4O. The van der Waals surface area contributed by atoms with Crippen LogP contribution in [0.25, 0.3) is 0 Å². The fraction of sp³-hybridized carbons (Fsp3) is 0.571. The van der Waals surface area contributed by atoms with Crippen molar-refractivity contribution in [2.75, 3.05) is 44.7 Å². The predicted octanol–water partition coefficient (Wildman–Crippen LogP) is 1.40. The molecule has 2 heterocycles. The van der Waals surface area contributed by atoms with E-state index in [1.165, 1.54) is 0 Å². The van der Waals surface area contributed by atoms with Crippen LogP contribution in [0, 0.1) is 18.3 Å². The third-order valence-corrected chi connectivity index (χ3v) is 3.32. The summed E-state index contributed by atoms with van der Waals surface area (Å²) in [4.78, 5) is 6.63. The molecule has 0 bridgehead atoms. The molecule has 0 aliphatic carbocycles. The molecule has 0 aromatic carbocycles. The molecule has 1 saturated heterocycles. The quantitative estimate of drug-likeness (QED) is 0.811. The highest BCUT2D eigenvalue weighted by molar-refractivity contribution is 5.55. The van der Waals surface area contributed by atoms with Gasteiger partial charge in [-0.15, -0.1) is 0 Å². The maximum absolute atomic E-state index is 9.11. The summed E-state index contributed by atoms with van der Waals surface area (Å²) < 4.78 is 5.32. The van der Waals surface area contributed by atoms with E-state index in [1.54, 1.807) is 6.20 Å². The van der Waals surface area contributed by atoms with Crippen molar-refractivity contribution in [2.24, 2.45) is 0 Å². The Balaban J connectivity index is 1.76. The molecule has 102 valence electrons. The molecule has 1 aromatic heterocycles. The number of pyridine rings is 1. The lowest BCUT2D eigenvalue weighted by Crippen LogP contribution is -2.37. The van der Waals surface area contributed by atoms with Gasteiger partial charge in [-0.1, -0.05) is 0 Å². The third-order valence-electron chi connectivity index (χ3n) is 3.32. The van der Waals surface area contributed by atoms with Crippen molar-refractivity contribution in [3.8, 4) is 6.07 Å². The predicted molar refractivity (Wildman–Crippen MR) is 74.1 cm³/mol. The zero-order valence-electron chi connectivity index (χ0n) is 11.4. The summed E-state index contributed by atoms with van der Waals surface area (Å²) in [6, 6.07) is 4.06. The van der Waals surface area contributed by atoms with E-state index in [0.29, 0.717) is 11.4 Å². The second-order valence-electron chi connectivity index (χ2n) is 4.70. The lowest BCUT2D eigenvalue weighted by molar-refractivity contribution is 0.0378. The van der Waals surface area contributed by atoms with Gasteiger partial charge in [0.15, 0.2) is 0 Å². The van der Waals surface area contributed by atoms with Crippen molar-refractivity contribution >= 4 is 5.82 Å². The van der Waals surface area contributed by atoms with E-state index in [4.69, 9.17) is 10.00 Å². The zero-order chi connectivity index (χ0) is 13.5. The summed E-state index contributed by atoms with van der Waals surface area (Å²) in [6.07, 6.45) is 2.78. The van der Waals surface area contributed by atoms with Crippen LogP contribution in [-0.2, 0) is 4.74 Å². The van der Waals surface area contributed by atoms with Gasteiger partial charge in [-0.25, -0.2) is 4.98 Å². The Kier molecular flexibility index (Phi) is 5.13. The Labute approximate surface area is 114 Å². The minimum atomic E-state index is 0.647. The van der Waals surface area contributed by atoms with Crippen LogP contribution in [0.3, 0.4) is 0 Å². The number of hydrogen-bond acceptors (Lipinski definition) is 5. The number of hydrogen-bond donors (Lipinski definition) is 1. The van der Waals surface area contributed by atoms with Crippen molar-refractivity contribution < 1.29 is 4.74 Å². The normalized spacial score (nSPS) is 16.0. The van der Waals surface area contributed by atoms with Crippen LogP contribution in [0.2, 0.25) is 0 Å². The molecule has 1 N–H and O–H groups in total. The van der Waals surface area contributed by atoms with Gasteiger partial charge in [0, 0.05) is 25.8 Å². The Morgan fingerprint density at radius 1 is 1.47 bits per heavy atom. The molecule has 0 amide bonds. The summed E-state index contributed by atoms with van der Waals surface area (Å²) in [5.74, 6) is 0.699. The first-order chi connectivity index (χ1) is 9.31. The lowest BCUT2D eigenvalue weighted by atomic mass is 10.1. The average molecular weight is 260 g/mol. The molecule has 1 aromatic rings. The van der Waals surface area contributed by atoms with E-state index in [2.05, 4.69) is 21.3 Å². The summed E-state index contributed by atoms with van der Waals surface area (Å²) in [5, 5.41) is 12.4. The molecule has 1 fully saturated rings. The highest BCUT2D eigenvalue weighted by atomic mass is 16.5. The summed E-state index contributed by atoms with van der Waals surface area (Å²) in [5.41, 5.74) is 1.61. The smallest absolute Gasteiger partial charge is 0.144 e. The number of rotatable bonds is 5. The van der Waals surface area contributed by atoms with Crippen LogP contribution >= 0.6 is 0 Å². The van der Waals surface area contributed by atoms with Crippen LogP contribution in [0.1, 0.15) is 17.5 Å². The van der Waals surface area contributed by atoms with Gasteiger partial charge in [0.1, 0.15) is 11.9 Å². The highest BCUT2D eigenvalue weighted by Gasteiger charge is 2.10. The molecule has 1 aliphatic rings. The van der Waals surface area contributed by atoms with Crippen LogP contribution in [0.15, 0.2) is 12.3 Å². The molecule has 1 aliphatic heterocycles. The third kappa shape index (κ3) is 3.91. The zero-order valence-corrected chi connectivity index (χ0v) is 11.4. The van der Waals surface area contributed by atoms with Crippen molar-refractivity contribution in [3.63, 3.8) is 0 Å². The molecule has 19 heavy (non-hydrogen) atoms. The maximum Gasteiger partial charge on any atom is 0.144 e. The van der Waals surface area contributed by atoms with Gasteiger partial charge in [-0.2, -0.15) is 5.26 Å². The number of aromatic nitrogens is 1. The molecule has 5 nitrogen and oxygen atoms in total. The van der Waals surface area contributed by atoms with Crippen molar-refractivity contribution in [2.45, 2.75) is 13.3 Å². The summed E-state index contributed by atoms with van der Waals surface area (Å²) in [6.45, 7) is 7.54. The maximum atomic E-state index is 9.11. The molecule has 0 spiro atoms. The second-order valence-corrected chi connectivity index (χ2v) is 4.70. The minimum absolute atomic E-state index is 0.647. The number of nitrogens with one attached hydrogen (secondary N) is 1. The van der Waals surface area contributed by atoms with E-state index < -0.39 is 0 Å². The number of anilines is 1. The average Bonchev–Trinajstić information content (AvgIpc) is 2.45. The Bertz CT molecular complexity index is 449. The van der Waals surface area contributed by atoms with E-state index in [-0.39, 0.29) is 0 Å². The summed E-state index contributed by atoms with van der Waals surface area (Å²) >= 11 is 0. The van der Waals surface area contributed by atoms with Gasteiger partial charge in [0.2, 0.25) is 0 Å². The largest absolute Gasteiger partial charge is 0.379 e. The molecule has 0 atom stereocenters. The van der Waals surface area contributed by atoms with E-state index >= 15 is 0 Å². The first-order valence-corrected chi connectivity index (χ1v) is 6.71. The fourth-order valence-corrected chi connectivity index (χ4v) is 2.17. The molecule has 0 radical (unpaired) electrons. The first-order valence-electron chi connectivity index (χ1n) is 6.71. The Hall–Kier alpha value is -1.64. The van der Waals surface area contributed by atoms with Gasteiger partial charge in [-0.05, 0) is 31.5 Å². The van der Waals surface area contributed by atoms with Crippen molar-refractivity contribution in [3.05, 3.63) is 23.4 Å². The monoisotopic (exact) mass is 260 g/mol. The van der Waals surface area contributed by atoms with Crippen molar-refractivity contribution in [1.29, 1.82) is 5.26 Å². The Morgan fingerprint density at radius 3 is 3.00 bits per heavy atom. The number of aryl methyl sites for hydroxylation is 1. The number of ether oxygens (including phenoxy) is 1. The van der Waals surface area contributed by atoms with Crippen LogP contribution in [0.5, 0.6) is 0 Å². The topological polar surface area (TPSA) is 61.2 Å². The van der Waals surface area contributed by atoms with Gasteiger partial charge in [0.05, 0.1) is 18.8 Å². The van der Waals surface area contributed by atoms with Gasteiger partial charge < -0.3 is 10.1 Å². The molecule has 2 rings (SSSR count). The van der Waals surface area contributed by atoms with E-state index in [0.717, 1.165) is 51.4 Å². The SMILES string of the molecule is Cc1ccnc(NCCCN2CCOCC2)c1C#N. The van der Waals surface area contributed by atoms with Gasteiger partial charge in [0.25, 0.3) is 0 Å². The second kappa shape index (κ2) is 7.07. The highest BCUT2D eigenvalue weighted by Crippen LogP contribution is 2.14. The van der Waals surface area contributed by atoms with Crippen LogP contribution in [0.4, 0.5) is 5.82 Å². The molecule has 0 unspecified atom stereocenters. The van der Waals surface area contributed by atoms with Crippen molar-refractivity contribution in [1.82, 2.24) is 9.88 Å². The molecule has 0 saturated carbocycles. The molecule has 5 heteroatoms. The Morgan fingerprint density at radius 2 is 2.26 bits per heavy atom. The number of nitrogens with zero attached hydrogens (tertiary/aromatic N) is 3. The standard InChI is InChI=1S/C14H20N4O/c1-12-3-5-17-14(13(12)11-15)16-4-2-6-18-7-9-19-10-8-18/h3,5H,2,4,6-10H2,1H3,(H,16,17). The summed E-state index contributed by atoms with van der Waals surface area (Å²) in [7, 11) is 0. The fourth-order valence-electron chi connectivity index (χ4n) is 2.17. The molecular weight excluding hydrogens is 240 g/mol. The number of nitriles is 1. The van der Waals surface area contributed by atoms with Gasteiger partial charge in [-0.3, -0.25) is 4.90 Å². The van der Waals surface area contributed by atoms with E-state index in [9.17, 15) is 0 Å².